The number of anilines is 1. The van der Waals surface area contributed by atoms with Crippen LogP contribution in [0.1, 0.15) is 17.5 Å². The maximum absolute atomic E-state index is 13.0. The summed E-state index contributed by atoms with van der Waals surface area (Å²) >= 11 is 0. The molecule has 2 aromatic carbocycles. The molecule has 6 heteroatoms. The second kappa shape index (κ2) is 6.05. The zero-order valence-electron chi connectivity index (χ0n) is 13.5. The molecule has 2 amide bonds. The molecule has 2 aromatic rings. The topological polar surface area (TPSA) is 85.0 Å². The summed E-state index contributed by atoms with van der Waals surface area (Å²) in [6.45, 7) is 0. The molecule has 2 atom stereocenters. The van der Waals surface area contributed by atoms with Gasteiger partial charge in [0.15, 0.2) is 0 Å². The van der Waals surface area contributed by atoms with Crippen LogP contribution in [-0.4, -0.2) is 29.7 Å². The number of rotatable bonds is 3. The van der Waals surface area contributed by atoms with Crippen molar-refractivity contribution in [3.05, 3.63) is 65.7 Å². The quantitative estimate of drug-likeness (QED) is 0.925. The summed E-state index contributed by atoms with van der Waals surface area (Å²) in [6, 6.07) is 16.3. The minimum Gasteiger partial charge on any atom is -0.382 e. The number of hydrogen-bond donors (Lipinski definition) is 1. The SMILES string of the molecule is NC(=O)[C@@H]1Cc2ccccc2N1C(=O)[C@@H]1CC(c2ccccc2)=NO1. The van der Waals surface area contributed by atoms with Gasteiger partial charge >= 0.3 is 0 Å². The maximum atomic E-state index is 13.0. The smallest absolute Gasteiger partial charge is 0.272 e. The van der Waals surface area contributed by atoms with Gasteiger partial charge < -0.3 is 10.6 Å². The Labute approximate surface area is 144 Å². The highest BCUT2D eigenvalue weighted by Gasteiger charge is 2.42. The molecule has 6 nitrogen and oxygen atoms in total. The lowest BCUT2D eigenvalue weighted by atomic mass is 10.0. The van der Waals surface area contributed by atoms with E-state index in [9.17, 15) is 9.59 Å². The Morgan fingerprint density at radius 2 is 1.76 bits per heavy atom. The van der Waals surface area contributed by atoms with Crippen molar-refractivity contribution in [1.82, 2.24) is 0 Å². The molecule has 2 N–H and O–H groups in total. The normalized spacial score (nSPS) is 21.4. The molecule has 126 valence electrons. The Morgan fingerprint density at radius 3 is 2.52 bits per heavy atom. The van der Waals surface area contributed by atoms with Crippen molar-refractivity contribution in [1.29, 1.82) is 0 Å². The molecule has 2 aliphatic rings. The van der Waals surface area contributed by atoms with Gasteiger partial charge in [-0.3, -0.25) is 14.5 Å². The summed E-state index contributed by atoms with van der Waals surface area (Å²) < 4.78 is 0. The van der Waals surface area contributed by atoms with Gasteiger partial charge in [-0.15, -0.1) is 0 Å². The lowest BCUT2D eigenvalue weighted by Gasteiger charge is -2.25. The Balaban J connectivity index is 1.58. The Hall–Kier alpha value is -3.15. The average Bonchev–Trinajstić information content (AvgIpc) is 3.27. The van der Waals surface area contributed by atoms with Crippen LogP contribution >= 0.6 is 0 Å². The molecule has 0 radical (unpaired) electrons. The summed E-state index contributed by atoms with van der Waals surface area (Å²) in [7, 11) is 0. The van der Waals surface area contributed by atoms with Gasteiger partial charge in [0.05, 0.1) is 5.71 Å². The van der Waals surface area contributed by atoms with E-state index in [-0.39, 0.29) is 5.91 Å². The van der Waals surface area contributed by atoms with Crippen molar-refractivity contribution in [3.8, 4) is 0 Å². The van der Waals surface area contributed by atoms with E-state index in [1.54, 1.807) is 0 Å². The first-order chi connectivity index (χ1) is 12.1. The standard InChI is InChI=1S/C19H17N3O3/c20-18(23)16-10-13-8-4-5-9-15(13)22(16)19(24)17-11-14(21-25-17)12-6-2-1-3-7-12/h1-9,16-17H,10-11H2,(H2,20,23)/t16-,17-/m0/s1. The Morgan fingerprint density at radius 1 is 1.04 bits per heavy atom. The monoisotopic (exact) mass is 335 g/mol. The van der Waals surface area contributed by atoms with Gasteiger partial charge in [0.2, 0.25) is 12.0 Å². The maximum Gasteiger partial charge on any atom is 0.272 e. The molecule has 0 aliphatic carbocycles. The predicted molar refractivity (Wildman–Crippen MR) is 93.1 cm³/mol. The number of hydrogen-bond acceptors (Lipinski definition) is 4. The summed E-state index contributed by atoms with van der Waals surface area (Å²) in [4.78, 5) is 31.7. The van der Waals surface area contributed by atoms with Crippen molar-refractivity contribution >= 4 is 23.2 Å². The fraction of sp³-hybridized carbons (Fsp3) is 0.211. The van der Waals surface area contributed by atoms with Crippen LogP contribution in [0.3, 0.4) is 0 Å². The van der Waals surface area contributed by atoms with E-state index < -0.39 is 18.1 Å². The largest absolute Gasteiger partial charge is 0.382 e. The number of carbonyl (C=O) groups excluding carboxylic acids is 2. The number of para-hydroxylation sites is 1. The summed E-state index contributed by atoms with van der Waals surface area (Å²) in [6.07, 6.45) is 0.0480. The highest BCUT2D eigenvalue weighted by atomic mass is 16.6. The van der Waals surface area contributed by atoms with E-state index in [4.69, 9.17) is 10.6 Å². The van der Waals surface area contributed by atoms with E-state index in [0.717, 1.165) is 16.8 Å². The van der Waals surface area contributed by atoms with Crippen LogP contribution in [0.25, 0.3) is 0 Å². The fourth-order valence-electron chi connectivity index (χ4n) is 3.35. The van der Waals surface area contributed by atoms with Gasteiger partial charge in [-0.25, -0.2) is 0 Å². The third-order valence-corrected chi connectivity index (χ3v) is 4.59. The number of primary amides is 1. The van der Waals surface area contributed by atoms with Gasteiger partial charge in [0.1, 0.15) is 6.04 Å². The van der Waals surface area contributed by atoms with Crippen LogP contribution in [0.15, 0.2) is 59.8 Å². The number of nitrogens with zero attached hydrogens (tertiary/aromatic N) is 2. The molecule has 4 rings (SSSR count). The molecule has 0 saturated heterocycles. The van der Waals surface area contributed by atoms with E-state index in [1.165, 1.54) is 4.90 Å². The molecule has 0 aromatic heterocycles. The number of carbonyl (C=O) groups is 2. The second-order valence-electron chi connectivity index (χ2n) is 6.16. The molecule has 25 heavy (non-hydrogen) atoms. The average molecular weight is 335 g/mol. The molecule has 0 fully saturated rings. The number of nitrogens with two attached hydrogens (primary N) is 1. The van der Waals surface area contributed by atoms with E-state index in [2.05, 4.69) is 5.16 Å². The van der Waals surface area contributed by atoms with Crippen LogP contribution in [0.4, 0.5) is 5.69 Å². The second-order valence-corrected chi connectivity index (χ2v) is 6.16. The van der Waals surface area contributed by atoms with Crippen LogP contribution in [0.2, 0.25) is 0 Å². The summed E-state index contributed by atoms with van der Waals surface area (Å²) in [5, 5.41) is 4.06. The highest BCUT2D eigenvalue weighted by molar-refractivity contribution is 6.09. The molecule has 2 heterocycles. The predicted octanol–water partition coefficient (Wildman–Crippen LogP) is 1.62. The Kier molecular flexibility index (Phi) is 3.72. The van der Waals surface area contributed by atoms with Gasteiger partial charge in [-0.1, -0.05) is 53.7 Å². The molecule has 0 unspecified atom stereocenters. The third kappa shape index (κ3) is 2.65. The highest BCUT2D eigenvalue weighted by Crippen LogP contribution is 2.33. The van der Waals surface area contributed by atoms with Gasteiger partial charge in [-0.2, -0.15) is 0 Å². The lowest BCUT2D eigenvalue weighted by Crippen LogP contribution is -2.49. The molecular weight excluding hydrogens is 318 g/mol. The van der Waals surface area contributed by atoms with Crippen molar-refractivity contribution < 1.29 is 14.4 Å². The molecule has 0 spiro atoms. The van der Waals surface area contributed by atoms with Gasteiger partial charge in [0.25, 0.3) is 5.91 Å². The minimum atomic E-state index is -0.747. The third-order valence-electron chi connectivity index (χ3n) is 4.59. The Bertz CT molecular complexity index is 863. The first-order valence-corrected chi connectivity index (χ1v) is 8.13. The minimum absolute atomic E-state index is 0.288. The van der Waals surface area contributed by atoms with Gasteiger partial charge in [-0.05, 0) is 17.2 Å². The summed E-state index contributed by atoms with van der Waals surface area (Å²) in [5.41, 5.74) is 8.81. The van der Waals surface area contributed by atoms with Crippen LogP contribution < -0.4 is 10.6 Å². The van der Waals surface area contributed by atoms with E-state index in [1.807, 2.05) is 54.6 Å². The summed E-state index contributed by atoms with van der Waals surface area (Å²) in [5.74, 6) is -0.810. The van der Waals surface area contributed by atoms with Crippen molar-refractivity contribution in [2.75, 3.05) is 4.90 Å². The van der Waals surface area contributed by atoms with Crippen LogP contribution in [0.5, 0.6) is 0 Å². The number of amides is 2. The number of fused-ring (bicyclic) bond motifs is 1. The molecule has 0 bridgehead atoms. The number of oxime groups is 1. The van der Waals surface area contributed by atoms with Crippen LogP contribution in [-0.2, 0) is 20.8 Å². The first kappa shape index (κ1) is 15.4. The zero-order chi connectivity index (χ0) is 17.4. The zero-order valence-corrected chi connectivity index (χ0v) is 13.5. The molecule has 0 saturated carbocycles. The van der Waals surface area contributed by atoms with E-state index >= 15 is 0 Å². The van der Waals surface area contributed by atoms with Crippen molar-refractivity contribution in [3.63, 3.8) is 0 Å². The number of benzene rings is 2. The van der Waals surface area contributed by atoms with Gasteiger partial charge in [0, 0.05) is 18.5 Å². The van der Waals surface area contributed by atoms with Crippen molar-refractivity contribution in [2.24, 2.45) is 10.9 Å². The lowest BCUT2D eigenvalue weighted by molar-refractivity contribution is -0.131. The first-order valence-electron chi connectivity index (χ1n) is 8.13. The molecule has 2 aliphatic heterocycles. The molecular formula is C19H17N3O3. The fourth-order valence-corrected chi connectivity index (χ4v) is 3.35. The van der Waals surface area contributed by atoms with Crippen LogP contribution in [0, 0.1) is 0 Å². The van der Waals surface area contributed by atoms with E-state index in [0.29, 0.717) is 18.5 Å². The van der Waals surface area contributed by atoms with Crippen molar-refractivity contribution in [2.45, 2.75) is 25.0 Å².